The van der Waals surface area contributed by atoms with Gasteiger partial charge in [0.1, 0.15) is 11.6 Å². The SMILES string of the molecule is COc1cc(C(=O)N2CC[C@@]3(CCC(=N)C3)Cc3ccccc32)ccc1NC(=O)c1cc(F)ccc1Cl. The zero-order valence-corrected chi connectivity index (χ0v) is 21.2. The lowest BCUT2D eigenvalue weighted by Crippen LogP contribution is -2.33. The summed E-state index contributed by atoms with van der Waals surface area (Å²) in [5.41, 5.74) is 3.57. The molecular weight excluding hydrogens is 493 g/mol. The third kappa shape index (κ3) is 4.96. The van der Waals surface area contributed by atoms with Gasteiger partial charge in [-0.3, -0.25) is 9.59 Å². The van der Waals surface area contributed by atoms with E-state index in [1.165, 1.54) is 19.2 Å². The highest BCUT2D eigenvalue weighted by Gasteiger charge is 2.40. The molecule has 3 aromatic carbocycles. The highest BCUT2D eigenvalue weighted by Crippen LogP contribution is 2.46. The highest BCUT2D eigenvalue weighted by atomic mass is 35.5. The molecule has 37 heavy (non-hydrogen) atoms. The van der Waals surface area contributed by atoms with Crippen LogP contribution in [0, 0.1) is 16.6 Å². The molecular formula is C29H27ClFN3O3. The number of fused-ring (bicyclic) bond motifs is 1. The van der Waals surface area contributed by atoms with Crippen LogP contribution in [0.25, 0.3) is 0 Å². The van der Waals surface area contributed by atoms with Crippen LogP contribution in [-0.2, 0) is 6.42 Å². The van der Waals surface area contributed by atoms with Gasteiger partial charge in [0.05, 0.1) is 23.4 Å². The minimum atomic E-state index is -0.587. The predicted octanol–water partition coefficient (Wildman–Crippen LogP) is 6.52. The van der Waals surface area contributed by atoms with Crippen LogP contribution in [0.4, 0.5) is 15.8 Å². The van der Waals surface area contributed by atoms with Crippen molar-refractivity contribution >= 4 is 40.5 Å². The van der Waals surface area contributed by atoms with Crippen LogP contribution in [0.3, 0.4) is 0 Å². The van der Waals surface area contributed by atoms with Crippen molar-refractivity contribution in [1.82, 2.24) is 0 Å². The number of anilines is 2. The van der Waals surface area contributed by atoms with E-state index in [-0.39, 0.29) is 21.9 Å². The van der Waals surface area contributed by atoms with Crippen molar-refractivity contribution in [3.8, 4) is 5.75 Å². The van der Waals surface area contributed by atoms with Crippen molar-refractivity contribution in [2.45, 2.75) is 32.1 Å². The van der Waals surface area contributed by atoms with Crippen LogP contribution < -0.4 is 15.0 Å². The Labute approximate surface area is 219 Å². The Bertz CT molecular complexity index is 1410. The molecule has 1 spiro atoms. The molecule has 2 aliphatic rings. The molecule has 0 saturated heterocycles. The summed E-state index contributed by atoms with van der Waals surface area (Å²) in [5, 5.41) is 11.0. The molecule has 1 atom stereocenters. The van der Waals surface area contributed by atoms with E-state index in [9.17, 15) is 14.0 Å². The molecule has 0 bridgehead atoms. The number of carbonyl (C=O) groups excluding carboxylic acids is 2. The highest BCUT2D eigenvalue weighted by molar-refractivity contribution is 6.34. The van der Waals surface area contributed by atoms with Crippen molar-refractivity contribution < 1.29 is 18.7 Å². The number of benzene rings is 3. The fourth-order valence-electron chi connectivity index (χ4n) is 5.45. The minimum Gasteiger partial charge on any atom is -0.495 e. The molecule has 0 unspecified atom stereocenters. The van der Waals surface area contributed by atoms with Gasteiger partial charge in [-0.1, -0.05) is 29.8 Å². The molecule has 3 aromatic rings. The lowest BCUT2D eigenvalue weighted by atomic mass is 9.78. The van der Waals surface area contributed by atoms with Gasteiger partial charge in [0.25, 0.3) is 11.8 Å². The van der Waals surface area contributed by atoms with E-state index in [0.717, 1.165) is 55.1 Å². The van der Waals surface area contributed by atoms with Crippen molar-refractivity contribution in [3.05, 3.63) is 88.2 Å². The summed E-state index contributed by atoms with van der Waals surface area (Å²) < 4.78 is 19.1. The molecule has 1 aliphatic carbocycles. The fraction of sp³-hybridized carbons (Fsp3) is 0.276. The van der Waals surface area contributed by atoms with Crippen LogP contribution >= 0.6 is 11.6 Å². The van der Waals surface area contributed by atoms with Gasteiger partial charge in [0.15, 0.2) is 0 Å². The number of ether oxygens (including phenoxy) is 1. The topological polar surface area (TPSA) is 82.5 Å². The number of nitrogens with one attached hydrogen (secondary N) is 2. The maximum Gasteiger partial charge on any atom is 0.258 e. The Morgan fingerprint density at radius 3 is 2.65 bits per heavy atom. The number of hydrogen-bond acceptors (Lipinski definition) is 4. The van der Waals surface area contributed by atoms with Crippen molar-refractivity contribution in [1.29, 1.82) is 5.41 Å². The fourth-order valence-corrected chi connectivity index (χ4v) is 5.65. The zero-order valence-electron chi connectivity index (χ0n) is 20.4. The number of para-hydroxylation sites is 1. The Balaban J connectivity index is 1.42. The number of carbonyl (C=O) groups is 2. The number of nitrogens with zero attached hydrogens (tertiary/aromatic N) is 1. The van der Waals surface area contributed by atoms with E-state index >= 15 is 0 Å². The summed E-state index contributed by atoms with van der Waals surface area (Å²) in [5.74, 6) is -1.02. The van der Waals surface area contributed by atoms with E-state index in [0.29, 0.717) is 23.5 Å². The van der Waals surface area contributed by atoms with E-state index in [1.54, 1.807) is 18.2 Å². The first-order valence-electron chi connectivity index (χ1n) is 12.2. The smallest absolute Gasteiger partial charge is 0.258 e. The van der Waals surface area contributed by atoms with Gasteiger partial charge in [0, 0.05) is 23.5 Å². The van der Waals surface area contributed by atoms with Gasteiger partial charge < -0.3 is 20.4 Å². The first-order valence-corrected chi connectivity index (χ1v) is 12.6. The van der Waals surface area contributed by atoms with Crippen LogP contribution in [0.5, 0.6) is 5.75 Å². The molecule has 5 rings (SSSR count). The van der Waals surface area contributed by atoms with E-state index in [4.69, 9.17) is 21.7 Å². The standard InChI is InChI=1S/C29H27ClFN3O3/c1-37-26-14-18(6-9-24(26)33-27(35)22-15-20(31)7-8-23(22)30)28(36)34-13-12-29(11-10-21(32)17-29)16-19-4-2-3-5-25(19)34/h2-9,14-15,32H,10-13,16-17H2,1H3,(H,33,35)/t29-/m0/s1. The Kier molecular flexibility index (Phi) is 6.73. The molecule has 1 aliphatic heterocycles. The van der Waals surface area contributed by atoms with E-state index in [2.05, 4.69) is 11.4 Å². The van der Waals surface area contributed by atoms with Gasteiger partial charge in [-0.05, 0) is 85.5 Å². The maximum absolute atomic E-state index is 13.8. The zero-order chi connectivity index (χ0) is 26.2. The molecule has 0 radical (unpaired) electrons. The molecule has 2 amide bonds. The second kappa shape index (κ2) is 9.98. The Hall–Kier alpha value is -3.71. The number of methoxy groups -OCH3 is 1. The van der Waals surface area contributed by atoms with Crippen molar-refractivity contribution in [3.63, 3.8) is 0 Å². The maximum atomic E-state index is 13.8. The molecule has 6 nitrogen and oxygen atoms in total. The van der Waals surface area contributed by atoms with Gasteiger partial charge in [0.2, 0.25) is 0 Å². The van der Waals surface area contributed by atoms with E-state index in [1.807, 2.05) is 23.1 Å². The Morgan fingerprint density at radius 2 is 1.89 bits per heavy atom. The largest absolute Gasteiger partial charge is 0.495 e. The second-order valence-corrected chi connectivity index (χ2v) is 10.2. The molecule has 0 aromatic heterocycles. The number of amides is 2. The summed E-state index contributed by atoms with van der Waals surface area (Å²) in [4.78, 5) is 28.3. The van der Waals surface area contributed by atoms with Crippen LogP contribution in [-0.4, -0.2) is 31.2 Å². The quantitative estimate of drug-likeness (QED) is 0.411. The monoisotopic (exact) mass is 519 g/mol. The molecule has 1 fully saturated rings. The first-order chi connectivity index (χ1) is 17.8. The van der Waals surface area contributed by atoms with Crippen molar-refractivity contribution in [2.75, 3.05) is 23.9 Å². The summed E-state index contributed by atoms with van der Waals surface area (Å²) >= 11 is 6.07. The molecule has 190 valence electrons. The van der Waals surface area contributed by atoms with Crippen LogP contribution in [0.15, 0.2) is 60.7 Å². The molecule has 2 N–H and O–H groups in total. The van der Waals surface area contributed by atoms with Gasteiger partial charge in [-0.15, -0.1) is 0 Å². The predicted molar refractivity (Wildman–Crippen MR) is 143 cm³/mol. The molecule has 1 saturated carbocycles. The lowest BCUT2D eigenvalue weighted by Gasteiger charge is -2.27. The average Bonchev–Trinajstić information content (AvgIpc) is 3.17. The summed E-state index contributed by atoms with van der Waals surface area (Å²) in [6, 6.07) is 16.4. The number of rotatable bonds is 4. The summed E-state index contributed by atoms with van der Waals surface area (Å²) in [7, 11) is 1.45. The van der Waals surface area contributed by atoms with E-state index < -0.39 is 11.7 Å². The third-order valence-electron chi connectivity index (χ3n) is 7.37. The van der Waals surface area contributed by atoms with Gasteiger partial charge in [-0.25, -0.2) is 4.39 Å². The third-order valence-corrected chi connectivity index (χ3v) is 7.70. The summed E-state index contributed by atoms with van der Waals surface area (Å²) in [6.07, 6.45) is 4.25. The normalized spacial score (nSPS) is 18.9. The summed E-state index contributed by atoms with van der Waals surface area (Å²) in [6.45, 7) is 0.558. The number of halogens is 2. The Morgan fingerprint density at radius 1 is 1.08 bits per heavy atom. The van der Waals surface area contributed by atoms with Gasteiger partial charge in [-0.2, -0.15) is 0 Å². The van der Waals surface area contributed by atoms with Crippen LogP contribution in [0.2, 0.25) is 5.02 Å². The second-order valence-electron chi connectivity index (χ2n) is 9.79. The van der Waals surface area contributed by atoms with Gasteiger partial charge >= 0.3 is 0 Å². The number of hydrogen-bond donors (Lipinski definition) is 2. The molecule has 8 heteroatoms. The minimum absolute atomic E-state index is 0.000954. The van der Waals surface area contributed by atoms with Crippen LogP contribution in [0.1, 0.15) is 52.0 Å². The van der Waals surface area contributed by atoms with Crippen molar-refractivity contribution in [2.24, 2.45) is 5.41 Å². The molecule has 1 heterocycles. The lowest BCUT2D eigenvalue weighted by molar-refractivity contribution is 0.0983. The average molecular weight is 520 g/mol. The first kappa shape index (κ1) is 25.0.